The Morgan fingerprint density at radius 3 is 2.60 bits per heavy atom. The summed E-state index contributed by atoms with van der Waals surface area (Å²) in [6.07, 6.45) is 0. The third-order valence-electron chi connectivity index (χ3n) is 2.85. The van der Waals surface area contributed by atoms with Gasteiger partial charge in [0.25, 0.3) is 0 Å². The molecular weight excluding hydrogens is 272 g/mol. The van der Waals surface area contributed by atoms with Crippen LogP contribution in [0.15, 0.2) is 53.4 Å². The summed E-state index contributed by atoms with van der Waals surface area (Å²) in [6.45, 7) is 2.15. The van der Waals surface area contributed by atoms with Crippen molar-refractivity contribution in [2.45, 2.75) is 18.4 Å². The summed E-state index contributed by atoms with van der Waals surface area (Å²) in [5.74, 6) is 0. The van der Waals surface area contributed by atoms with E-state index < -0.39 is 10.0 Å². The highest BCUT2D eigenvalue weighted by Crippen LogP contribution is 2.14. The second kappa shape index (κ2) is 5.87. The maximum Gasteiger partial charge on any atom is 0.242 e. The van der Waals surface area contributed by atoms with Crippen molar-refractivity contribution in [3.63, 3.8) is 0 Å². The van der Waals surface area contributed by atoms with Gasteiger partial charge >= 0.3 is 0 Å². The van der Waals surface area contributed by atoms with Gasteiger partial charge in [0.2, 0.25) is 10.0 Å². The molecule has 0 amide bonds. The molecule has 20 heavy (non-hydrogen) atoms. The molecule has 0 fully saturated rings. The van der Waals surface area contributed by atoms with Crippen LogP contribution in [-0.2, 0) is 16.6 Å². The van der Waals surface area contributed by atoms with Gasteiger partial charge in [-0.2, -0.15) is 5.26 Å². The van der Waals surface area contributed by atoms with Crippen molar-refractivity contribution in [2.24, 2.45) is 0 Å². The van der Waals surface area contributed by atoms with Crippen molar-refractivity contribution in [2.75, 3.05) is 0 Å². The molecular formula is C15H14N2O2S. The number of sulfonamides is 1. The lowest BCUT2D eigenvalue weighted by Gasteiger charge is -2.08. The van der Waals surface area contributed by atoms with Gasteiger partial charge in [-0.05, 0) is 24.6 Å². The number of aryl methyl sites for hydroxylation is 1. The van der Waals surface area contributed by atoms with Gasteiger partial charge in [0.1, 0.15) is 6.07 Å². The third kappa shape index (κ3) is 3.23. The number of nitrogens with zero attached hydrogens (tertiary/aromatic N) is 1. The van der Waals surface area contributed by atoms with E-state index in [1.54, 1.807) is 12.1 Å². The van der Waals surface area contributed by atoms with Gasteiger partial charge in [0.05, 0.1) is 10.5 Å². The lowest BCUT2D eigenvalue weighted by atomic mass is 10.1. The summed E-state index contributed by atoms with van der Waals surface area (Å²) in [6, 6.07) is 15.6. The molecule has 4 nitrogen and oxygen atoms in total. The Bertz CT molecular complexity index is 761. The van der Waals surface area contributed by atoms with Gasteiger partial charge < -0.3 is 0 Å². The highest BCUT2D eigenvalue weighted by Gasteiger charge is 2.17. The van der Waals surface area contributed by atoms with Crippen LogP contribution in [0, 0.1) is 18.3 Å². The van der Waals surface area contributed by atoms with E-state index in [0.29, 0.717) is 0 Å². The molecule has 0 atom stereocenters. The lowest BCUT2D eigenvalue weighted by Crippen LogP contribution is -2.24. The summed E-state index contributed by atoms with van der Waals surface area (Å²) in [4.78, 5) is 0.00940. The fourth-order valence-electron chi connectivity index (χ4n) is 1.87. The van der Waals surface area contributed by atoms with Gasteiger partial charge in [-0.15, -0.1) is 0 Å². The standard InChI is InChI=1S/C15H14N2O2S/c1-12-5-4-6-13(9-12)11-17-20(18,19)15-8-3-2-7-14(15)10-16/h2-9,17H,11H2,1H3. The van der Waals surface area contributed by atoms with Crippen LogP contribution in [0.25, 0.3) is 0 Å². The molecule has 0 bridgehead atoms. The SMILES string of the molecule is Cc1cccc(CNS(=O)(=O)c2ccccc2C#N)c1. The van der Waals surface area contributed by atoms with E-state index in [2.05, 4.69) is 4.72 Å². The average molecular weight is 286 g/mol. The Labute approximate surface area is 118 Å². The molecule has 102 valence electrons. The van der Waals surface area contributed by atoms with Crippen LogP contribution in [0.1, 0.15) is 16.7 Å². The van der Waals surface area contributed by atoms with Crippen molar-refractivity contribution < 1.29 is 8.42 Å². The first-order valence-corrected chi connectivity index (χ1v) is 7.55. The maximum absolute atomic E-state index is 12.2. The van der Waals surface area contributed by atoms with Crippen LogP contribution in [-0.4, -0.2) is 8.42 Å². The van der Waals surface area contributed by atoms with Gasteiger partial charge in [0.15, 0.2) is 0 Å². The van der Waals surface area contributed by atoms with Crippen molar-refractivity contribution >= 4 is 10.0 Å². The normalized spacial score (nSPS) is 11.0. The molecule has 0 spiro atoms. The fourth-order valence-corrected chi connectivity index (χ4v) is 3.04. The van der Waals surface area contributed by atoms with Crippen LogP contribution in [0.3, 0.4) is 0 Å². The van der Waals surface area contributed by atoms with Crippen LogP contribution in [0.2, 0.25) is 0 Å². The Balaban J connectivity index is 2.22. The quantitative estimate of drug-likeness (QED) is 0.938. The molecule has 2 aromatic carbocycles. The smallest absolute Gasteiger partial charge is 0.207 e. The molecule has 0 saturated carbocycles. The monoisotopic (exact) mass is 286 g/mol. The second-order valence-corrected chi connectivity index (χ2v) is 6.16. The van der Waals surface area contributed by atoms with Gasteiger partial charge in [-0.1, -0.05) is 42.0 Å². The molecule has 2 aromatic rings. The highest BCUT2D eigenvalue weighted by atomic mass is 32.2. The minimum atomic E-state index is -3.69. The van der Waals surface area contributed by atoms with E-state index in [1.165, 1.54) is 12.1 Å². The average Bonchev–Trinajstić information content (AvgIpc) is 2.45. The molecule has 0 unspecified atom stereocenters. The zero-order chi connectivity index (χ0) is 14.6. The van der Waals surface area contributed by atoms with E-state index in [9.17, 15) is 8.42 Å². The van der Waals surface area contributed by atoms with Crippen LogP contribution in [0.4, 0.5) is 0 Å². The zero-order valence-electron chi connectivity index (χ0n) is 11.0. The van der Waals surface area contributed by atoms with E-state index >= 15 is 0 Å². The number of rotatable bonds is 4. The molecule has 0 aliphatic rings. The first kappa shape index (κ1) is 14.3. The van der Waals surface area contributed by atoms with E-state index in [1.807, 2.05) is 37.3 Å². The number of benzene rings is 2. The van der Waals surface area contributed by atoms with Crippen molar-refractivity contribution in [1.29, 1.82) is 5.26 Å². The zero-order valence-corrected chi connectivity index (χ0v) is 11.8. The first-order valence-electron chi connectivity index (χ1n) is 6.07. The fraction of sp³-hybridized carbons (Fsp3) is 0.133. The second-order valence-electron chi connectivity index (χ2n) is 4.42. The summed E-state index contributed by atoms with van der Waals surface area (Å²) < 4.78 is 26.9. The molecule has 0 aromatic heterocycles. The summed E-state index contributed by atoms with van der Waals surface area (Å²) >= 11 is 0. The Hall–Kier alpha value is -2.16. The summed E-state index contributed by atoms with van der Waals surface area (Å²) in [7, 11) is -3.69. The van der Waals surface area contributed by atoms with Crippen molar-refractivity contribution in [1.82, 2.24) is 4.72 Å². The van der Waals surface area contributed by atoms with Crippen LogP contribution in [0.5, 0.6) is 0 Å². The van der Waals surface area contributed by atoms with Gasteiger partial charge in [-0.3, -0.25) is 0 Å². The third-order valence-corrected chi connectivity index (χ3v) is 4.31. The predicted molar refractivity (Wildman–Crippen MR) is 76.4 cm³/mol. The maximum atomic E-state index is 12.2. The molecule has 0 heterocycles. The Kier molecular flexibility index (Phi) is 4.18. The number of hydrogen-bond acceptors (Lipinski definition) is 3. The van der Waals surface area contributed by atoms with Crippen molar-refractivity contribution in [3.8, 4) is 6.07 Å². The minimum Gasteiger partial charge on any atom is -0.207 e. The summed E-state index contributed by atoms with van der Waals surface area (Å²) in [5, 5.41) is 8.96. The minimum absolute atomic E-state index is 0.00940. The molecule has 0 saturated heterocycles. The first-order chi connectivity index (χ1) is 9.53. The molecule has 0 radical (unpaired) electrons. The topological polar surface area (TPSA) is 70.0 Å². The number of nitrogens with one attached hydrogen (secondary N) is 1. The van der Waals surface area contributed by atoms with E-state index in [-0.39, 0.29) is 17.0 Å². The molecule has 5 heteroatoms. The molecule has 0 aliphatic carbocycles. The molecule has 1 N–H and O–H groups in total. The number of nitriles is 1. The van der Waals surface area contributed by atoms with Crippen molar-refractivity contribution in [3.05, 3.63) is 65.2 Å². The largest absolute Gasteiger partial charge is 0.242 e. The predicted octanol–water partition coefficient (Wildman–Crippen LogP) is 2.35. The number of hydrogen-bond donors (Lipinski definition) is 1. The highest BCUT2D eigenvalue weighted by molar-refractivity contribution is 7.89. The van der Waals surface area contributed by atoms with E-state index in [4.69, 9.17) is 5.26 Å². The van der Waals surface area contributed by atoms with Crippen LogP contribution >= 0.6 is 0 Å². The van der Waals surface area contributed by atoms with Gasteiger partial charge in [0, 0.05) is 6.54 Å². The van der Waals surface area contributed by atoms with Gasteiger partial charge in [-0.25, -0.2) is 13.1 Å². The Morgan fingerprint density at radius 1 is 1.15 bits per heavy atom. The lowest BCUT2D eigenvalue weighted by molar-refractivity contribution is 0.581. The Morgan fingerprint density at radius 2 is 1.90 bits per heavy atom. The van der Waals surface area contributed by atoms with E-state index in [0.717, 1.165) is 11.1 Å². The summed E-state index contributed by atoms with van der Waals surface area (Å²) in [5.41, 5.74) is 2.09. The molecule has 0 aliphatic heterocycles. The molecule has 2 rings (SSSR count). The van der Waals surface area contributed by atoms with Crippen LogP contribution < -0.4 is 4.72 Å².